The third-order valence-electron chi connectivity index (χ3n) is 6.92. The summed E-state index contributed by atoms with van der Waals surface area (Å²) >= 11 is 0. The lowest BCUT2D eigenvalue weighted by molar-refractivity contribution is -0.137. The van der Waals surface area contributed by atoms with E-state index in [9.17, 15) is 18.0 Å². The molecule has 2 atom stereocenters. The van der Waals surface area contributed by atoms with Gasteiger partial charge in [0.1, 0.15) is 0 Å². The molecule has 0 aromatic heterocycles. The van der Waals surface area contributed by atoms with Crippen molar-refractivity contribution in [1.29, 1.82) is 0 Å². The summed E-state index contributed by atoms with van der Waals surface area (Å²) in [6, 6.07) is 4.54. The number of carbonyl (C=O) groups is 1. The highest BCUT2D eigenvalue weighted by atomic mass is 19.4. The van der Waals surface area contributed by atoms with Gasteiger partial charge in [-0.1, -0.05) is 25.3 Å². The number of hydrogen-bond acceptors (Lipinski definition) is 3. The summed E-state index contributed by atoms with van der Waals surface area (Å²) in [4.78, 5) is 17.7. The lowest BCUT2D eigenvalue weighted by atomic mass is 9.82. The van der Waals surface area contributed by atoms with Gasteiger partial charge in [0, 0.05) is 37.9 Å². The minimum absolute atomic E-state index is 0.0188. The summed E-state index contributed by atoms with van der Waals surface area (Å²) in [5, 5.41) is 2.88. The van der Waals surface area contributed by atoms with Crippen LogP contribution in [0.2, 0.25) is 0 Å². The summed E-state index contributed by atoms with van der Waals surface area (Å²) < 4.78 is 39.8. The van der Waals surface area contributed by atoms with E-state index >= 15 is 0 Å². The van der Waals surface area contributed by atoms with Crippen LogP contribution in [0.15, 0.2) is 30.9 Å². The van der Waals surface area contributed by atoms with Crippen LogP contribution >= 0.6 is 0 Å². The van der Waals surface area contributed by atoms with Gasteiger partial charge in [0.15, 0.2) is 0 Å². The van der Waals surface area contributed by atoms with Gasteiger partial charge in [-0.2, -0.15) is 13.2 Å². The molecule has 1 saturated carbocycles. The highest BCUT2D eigenvalue weighted by molar-refractivity contribution is 5.82. The molecule has 2 unspecified atom stereocenters. The molecule has 4 nitrogen and oxygen atoms in total. The minimum atomic E-state index is -4.38. The first kappa shape index (κ1) is 21.2. The number of anilines is 1. The molecule has 1 aliphatic carbocycles. The van der Waals surface area contributed by atoms with Crippen molar-refractivity contribution in [3.63, 3.8) is 0 Å². The second-order valence-electron chi connectivity index (χ2n) is 8.73. The Labute approximate surface area is 176 Å². The molecule has 2 aliphatic heterocycles. The Kier molecular flexibility index (Phi) is 6.09. The van der Waals surface area contributed by atoms with Crippen molar-refractivity contribution >= 4 is 11.6 Å². The highest BCUT2D eigenvalue weighted by Crippen LogP contribution is 2.40. The van der Waals surface area contributed by atoms with Crippen LogP contribution in [0.1, 0.15) is 43.2 Å². The maximum atomic E-state index is 13.3. The predicted molar refractivity (Wildman–Crippen MR) is 111 cm³/mol. The van der Waals surface area contributed by atoms with Crippen LogP contribution in [-0.2, 0) is 17.4 Å². The van der Waals surface area contributed by atoms with Crippen LogP contribution in [0.25, 0.3) is 0 Å². The first-order chi connectivity index (χ1) is 14.4. The Bertz CT molecular complexity index is 788. The molecule has 1 aromatic carbocycles. The number of nitrogens with zero attached hydrogens (tertiary/aromatic N) is 2. The van der Waals surface area contributed by atoms with Crippen molar-refractivity contribution in [3.05, 3.63) is 42.0 Å². The van der Waals surface area contributed by atoms with Crippen LogP contribution in [0.4, 0.5) is 18.9 Å². The monoisotopic (exact) mass is 421 g/mol. The number of fused-ring (bicyclic) bond motifs is 3. The summed E-state index contributed by atoms with van der Waals surface area (Å²) in [6.07, 6.45) is 3.78. The largest absolute Gasteiger partial charge is 0.416 e. The first-order valence-corrected chi connectivity index (χ1v) is 11.0. The molecule has 3 aliphatic rings. The number of halogens is 3. The lowest BCUT2D eigenvalue weighted by Gasteiger charge is -2.51. The van der Waals surface area contributed by atoms with E-state index in [1.165, 1.54) is 44.2 Å². The van der Waals surface area contributed by atoms with Crippen LogP contribution < -0.4 is 10.2 Å². The van der Waals surface area contributed by atoms with Gasteiger partial charge >= 0.3 is 6.18 Å². The Balaban J connectivity index is 1.63. The van der Waals surface area contributed by atoms with E-state index in [4.69, 9.17) is 0 Å². The van der Waals surface area contributed by atoms with Crippen LogP contribution in [0.5, 0.6) is 0 Å². The van der Waals surface area contributed by atoms with Crippen LogP contribution in [0, 0.1) is 5.92 Å². The Hall–Kier alpha value is -2.02. The van der Waals surface area contributed by atoms with Gasteiger partial charge in [-0.25, -0.2) is 0 Å². The van der Waals surface area contributed by atoms with E-state index in [-0.39, 0.29) is 17.9 Å². The standard InChI is InChI=1S/C23H30F3N3O/c1-2-10-27-22(30)19-14-16-13-17(23(24,25)26)8-9-20(16)29-12-11-28(15-21(19)29)18-6-4-3-5-7-18/h2,8-9,13,18-19,21H,1,3-7,10-12,14-15H2,(H,27,30). The maximum absolute atomic E-state index is 13.3. The number of piperazine rings is 1. The smallest absolute Gasteiger partial charge is 0.365 e. The molecule has 4 rings (SSSR count). The predicted octanol–water partition coefficient (Wildman–Crippen LogP) is 4.00. The van der Waals surface area contributed by atoms with E-state index in [1.54, 1.807) is 12.1 Å². The van der Waals surface area contributed by atoms with E-state index in [2.05, 4.69) is 21.7 Å². The molecule has 164 valence electrons. The molecule has 1 N–H and O–H groups in total. The normalized spacial score (nSPS) is 25.4. The highest BCUT2D eigenvalue weighted by Gasteiger charge is 2.43. The van der Waals surface area contributed by atoms with Crippen molar-refractivity contribution < 1.29 is 18.0 Å². The fraction of sp³-hybridized carbons (Fsp3) is 0.609. The number of alkyl halides is 3. The third kappa shape index (κ3) is 4.22. The number of nitrogens with one attached hydrogen (secondary N) is 1. The second-order valence-corrected chi connectivity index (χ2v) is 8.73. The maximum Gasteiger partial charge on any atom is 0.416 e. The van der Waals surface area contributed by atoms with Crippen molar-refractivity contribution in [3.8, 4) is 0 Å². The number of carbonyl (C=O) groups excluding carboxylic acids is 1. The average molecular weight is 422 g/mol. The number of hydrogen-bond donors (Lipinski definition) is 1. The Morgan fingerprint density at radius 3 is 2.67 bits per heavy atom. The van der Waals surface area contributed by atoms with Gasteiger partial charge < -0.3 is 10.2 Å². The molecule has 1 saturated heterocycles. The van der Waals surface area contributed by atoms with Crippen molar-refractivity contribution in [1.82, 2.24) is 10.2 Å². The van der Waals surface area contributed by atoms with Gasteiger partial charge in [-0.3, -0.25) is 9.69 Å². The molecule has 0 bridgehead atoms. The van der Waals surface area contributed by atoms with Gasteiger partial charge in [-0.15, -0.1) is 6.58 Å². The molecule has 7 heteroatoms. The molecule has 1 aromatic rings. The first-order valence-electron chi connectivity index (χ1n) is 11.0. The van der Waals surface area contributed by atoms with Crippen molar-refractivity contribution in [2.45, 2.75) is 56.8 Å². The zero-order chi connectivity index (χ0) is 21.3. The van der Waals surface area contributed by atoms with Gasteiger partial charge in [0.25, 0.3) is 0 Å². The molecule has 2 fully saturated rings. The zero-order valence-corrected chi connectivity index (χ0v) is 17.3. The van der Waals surface area contributed by atoms with Gasteiger partial charge in [0.05, 0.1) is 17.5 Å². The summed E-state index contributed by atoms with van der Waals surface area (Å²) in [6.45, 7) is 6.43. The van der Waals surface area contributed by atoms with Crippen molar-refractivity contribution in [2.24, 2.45) is 5.92 Å². The van der Waals surface area contributed by atoms with Gasteiger partial charge in [-0.05, 0) is 43.0 Å². The number of rotatable bonds is 4. The summed E-state index contributed by atoms with van der Waals surface area (Å²) in [7, 11) is 0. The molecule has 30 heavy (non-hydrogen) atoms. The van der Waals surface area contributed by atoms with E-state index in [1.807, 2.05) is 0 Å². The summed E-state index contributed by atoms with van der Waals surface area (Å²) in [5.41, 5.74) is 0.820. The number of amides is 1. The fourth-order valence-electron chi connectivity index (χ4n) is 5.40. The quantitative estimate of drug-likeness (QED) is 0.747. The second kappa shape index (κ2) is 8.61. The van der Waals surface area contributed by atoms with Crippen molar-refractivity contribution in [2.75, 3.05) is 31.1 Å². The van der Waals surface area contributed by atoms with Crippen LogP contribution in [0.3, 0.4) is 0 Å². The molecule has 0 spiro atoms. The topological polar surface area (TPSA) is 35.6 Å². The Morgan fingerprint density at radius 1 is 1.20 bits per heavy atom. The van der Waals surface area contributed by atoms with Gasteiger partial charge in [0.2, 0.25) is 5.91 Å². The van der Waals surface area contributed by atoms with E-state index in [0.29, 0.717) is 24.6 Å². The molecule has 0 radical (unpaired) electrons. The molecular weight excluding hydrogens is 391 g/mol. The molecule has 1 amide bonds. The summed E-state index contributed by atoms with van der Waals surface area (Å²) in [5.74, 6) is -0.467. The van der Waals surface area contributed by atoms with E-state index < -0.39 is 11.7 Å². The average Bonchev–Trinajstić information content (AvgIpc) is 2.76. The zero-order valence-electron chi connectivity index (χ0n) is 17.3. The van der Waals surface area contributed by atoms with Crippen LogP contribution in [-0.4, -0.2) is 49.1 Å². The number of benzene rings is 1. The SMILES string of the molecule is C=CCNC(=O)C1Cc2cc(C(F)(F)F)ccc2N2CCN(C3CCCCC3)CC12. The minimum Gasteiger partial charge on any atom is -0.365 e. The lowest BCUT2D eigenvalue weighted by Crippen LogP contribution is -2.62. The Morgan fingerprint density at radius 2 is 1.97 bits per heavy atom. The fourth-order valence-corrected chi connectivity index (χ4v) is 5.40. The third-order valence-corrected chi connectivity index (χ3v) is 6.92. The molecular formula is C23H30F3N3O. The van der Waals surface area contributed by atoms with E-state index in [0.717, 1.165) is 25.3 Å². The molecule has 2 heterocycles.